The Balaban J connectivity index is 1.92. The van der Waals surface area contributed by atoms with Crippen LogP contribution in [0.4, 0.5) is 0 Å². The molecule has 0 radical (unpaired) electrons. The highest BCUT2D eigenvalue weighted by molar-refractivity contribution is 5.22. The van der Waals surface area contributed by atoms with Crippen LogP contribution in [0, 0.1) is 6.92 Å². The second-order valence-electron chi connectivity index (χ2n) is 5.30. The van der Waals surface area contributed by atoms with Gasteiger partial charge >= 0.3 is 0 Å². The molecule has 2 rings (SSSR count). The minimum atomic E-state index is 0.464. The first-order valence-corrected chi connectivity index (χ1v) is 7.39. The first kappa shape index (κ1) is 14.1. The van der Waals surface area contributed by atoms with E-state index >= 15 is 0 Å². The molecule has 1 aromatic rings. The van der Waals surface area contributed by atoms with Gasteiger partial charge in [0.05, 0.1) is 12.9 Å². The number of likely N-dealkylation sites (N-methyl/N-ethyl adjacent to an activating group) is 1. The summed E-state index contributed by atoms with van der Waals surface area (Å²) < 4.78 is 5.48. The topological polar surface area (TPSA) is 21.3 Å². The lowest BCUT2D eigenvalue weighted by Gasteiger charge is -2.24. The molecule has 104 valence electrons. The molecule has 19 heavy (non-hydrogen) atoms. The molecule has 1 aromatic carbocycles. The third-order valence-electron chi connectivity index (χ3n) is 3.70. The van der Waals surface area contributed by atoms with Gasteiger partial charge < -0.3 is 10.1 Å². The molecule has 0 spiro atoms. The fourth-order valence-electron chi connectivity index (χ4n) is 2.57. The summed E-state index contributed by atoms with van der Waals surface area (Å²) in [6.45, 7) is 6.19. The number of hydrogen-bond donors (Lipinski definition) is 1. The third-order valence-corrected chi connectivity index (χ3v) is 3.70. The van der Waals surface area contributed by atoms with Crippen LogP contribution < -0.4 is 5.32 Å². The molecule has 1 unspecified atom stereocenters. The monoisotopic (exact) mass is 259 g/mol. The minimum absolute atomic E-state index is 0.464. The predicted octanol–water partition coefficient (Wildman–Crippen LogP) is 3.60. The van der Waals surface area contributed by atoms with E-state index in [0.717, 1.165) is 32.4 Å². The molecule has 0 saturated carbocycles. The second-order valence-corrected chi connectivity index (χ2v) is 5.30. The van der Waals surface area contributed by atoms with Crippen LogP contribution in [-0.2, 0) is 11.2 Å². The zero-order valence-electron chi connectivity index (χ0n) is 12.1. The predicted molar refractivity (Wildman–Crippen MR) is 80.2 cm³/mol. The van der Waals surface area contributed by atoms with Crippen LogP contribution in [0.5, 0.6) is 0 Å². The first-order chi connectivity index (χ1) is 9.29. The number of ether oxygens (including phenoxy) is 1. The largest absolute Gasteiger partial charge is 0.501 e. The highest BCUT2D eigenvalue weighted by Gasteiger charge is 2.16. The highest BCUT2D eigenvalue weighted by atomic mass is 16.5. The van der Waals surface area contributed by atoms with Gasteiger partial charge in [-0.25, -0.2) is 0 Å². The van der Waals surface area contributed by atoms with E-state index in [2.05, 4.69) is 43.4 Å². The van der Waals surface area contributed by atoms with Crippen molar-refractivity contribution >= 4 is 0 Å². The Labute approximate surface area is 116 Å². The van der Waals surface area contributed by atoms with Crippen LogP contribution in [0.25, 0.3) is 0 Å². The van der Waals surface area contributed by atoms with Gasteiger partial charge in [0.1, 0.15) is 0 Å². The van der Waals surface area contributed by atoms with E-state index in [-0.39, 0.29) is 0 Å². The molecule has 0 fully saturated rings. The molecule has 0 saturated heterocycles. The SMILES string of the molecule is CCNC(CCc1ccc(C)cc1)C1=COCCC1. The van der Waals surface area contributed by atoms with Gasteiger partial charge in [-0.05, 0) is 50.3 Å². The first-order valence-electron chi connectivity index (χ1n) is 7.39. The fraction of sp³-hybridized carbons (Fsp3) is 0.529. The van der Waals surface area contributed by atoms with Gasteiger partial charge in [-0.3, -0.25) is 0 Å². The smallest absolute Gasteiger partial charge is 0.0876 e. The Bertz CT molecular complexity index is 408. The summed E-state index contributed by atoms with van der Waals surface area (Å²) in [6.07, 6.45) is 6.57. The summed E-state index contributed by atoms with van der Waals surface area (Å²) in [5.74, 6) is 0. The maximum Gasteiger partial charge on any atom is 0.0876 e. The van der Waals surface area contributed by atoms with E-state index in [1.807, 2.05) is 6.26 Å². The standard InChI is InChI=1S/C17H25NO/c1-3-18-17(16-5-4-12-19-13-16)11-10-15-8-6-14(2)7-9-15/h6-9,13,17-18H,3-5,10-12H2,1-2H3. The lowest BCUT2D eigenvalue weighted by atomic mass is 9.95. The summed E-state index contributed by atoms with van der Waals surface area (Å²) in [5.41, 5.74) is 4.18. The van der Waals surface area contributed by atoms with Crippen LogP contribution in [0.2, 0.25) is 0 Å². The Morgan fingerprint density at radius 1 is 1.26 bits per heavy atom. The Kier molecular flexibility index (Phi) is 5.46. The van der Waals surface area contributed by atoms with Crippen LogP contribution in [-0.4, -0.2) is 19.2 Å². The van der Waals surface area contributed by atoms with Crippen LogP contribution in [0.15, 0.2) is 36.1 Å². The van der Waals surface area contributed by atoms with Crippen molar-refractivity contribution in [1.82, 2.24) is 5.32 Å². The lowest BCUT2D eigenvalue weighted by molar-refractivity contribution is 0.218. The van der Waals surface area contributed by atoms with E-state index < -0.39 is 0 Å². The Hall–Kier alpha value is -1.28. The van der Waals surface area contributed by atoms with Crippen LogP contribution in [0.3, 0.4) is 0 Å². The zero-order valence-corrected chi connectivity index (χ0v) is 12.1. The van der Waals surface area contributed by atoms with Gasteiger partial charge in [-0.2, -0.15) is 0 Å². The van der Waals surface area contributed by atoms with Crippen molar-refractivity contribution in [2.45, 2.75) is 45.6 Å². The molecular weight excluding hydrogens is 234 g/mol. The van der Waals surface area contributed by atoms with Crippen molar-refractivity contribution in [2.75, 3.05) is 13.2 Å². The molecule has 0 aliphatic carbocycles. The van der Waals surface area contributed by atoms with E-state index in [0.29, 0.717) is 6.04 Å². The van der Waals surface area contributed by atoms with Gasteiger partial charge in [0.2, 0.25) is 0 Å². The maximum atomic E-state index is 5.48. The van der Waals surface area contributed by atoms with Crippen molar-refractivity contribution < 1.29 is 4.74 Å². The minimum Gasteiger partial charge on any atom is -0.501 e. The molecule has 1 N–H and O–H groups in total. The molecule has 1 atom stereocenters. The number of hydrogen-bond acceptors (Lipinski definition) is 2. The number of benzene rings is 1. The molecule has 0 bridgehead atoms. The van der Waals surface area contributed by atoms with E-state index in [1.165, 1.54) is 23.1 Å². The molecule has 0 amide bonds. The fourth-order valence-corrected chi connectivity index (χ4v) is 2.57. The summed E-state index contributed by atoms with van der Waals surface area (Å²) in [7, 11) is 0. The van der Waals surface area contributed by atoms with Crippen molar-refractivity contribution in [2.24, 2.45) is 0 Å². The van der Waals surface area contributed by atoms with Crippen molar-refractivity contribution in [3.8, 4) is 0 Å². The lowest BCUT2D eigenvalue weighted by Crippen LogP contribution is -2.32. The average Bonchev–Trinajstić information content (AvgIpc) is 2.46. The highest BCUT2D eigenvalue weighted by Crippen LogP contribution is 2.19. The average molecular weight is 259 g/mol. The summed E-state index contributed by atoms with van der Waals surface area (Å²) in [5, 5.41) is 3.59. The molecule has 0 aromatic heterocycles. The van der Waals surface area contributed by atoms with Gasteiger partial charge in [0.15, 0.2) is 0 Å². The maximum absolute atomic E-state index is 5.48. The molecule has 1 aliphatic rings. The van der Waals surface area contributed by atoms with Crippen molar-refractivity contribution in [3.63, 3.8) is 0 Å². The van der Waals surface area contributed by atoms with Crippen LogP contribution >= 0.6 is 0 Å². The van der Waals surface area contributed by atoms with Gasteiger partial charge in [-0.1, -0.05) is 36.8 Å². The molecule has 1 aliphatic heterocycles. The molecule has 1 heterocycles. The Morgan fingerprint density at radius 2 is 2.05 bits per heavy atom. The third kappa shape index (κ3) is 4.39. The molecule has 2 heteroatoms. The molecule has 2 nitrogen and oxygen atoms in total. The summed E-state index contributed by atoms with van der Waals surface area (Å²) in [6, 6.07) is 9.33. The van der Waals surface area contributed by atoms with E-state index in [4.69, 9.17) is 4.74 Å². The zero-order chi connectivity index (χ0) is 13.5. The number of nitrogens with one attached hydrogen (secondary N) is 1. The van der Waals surface area contributed by atoms with E-state index in [1.54, 1.807) is 0 Å². The second kappa shape index (κ2) is 7.34. The summed E-state index contributed by atoms with van der Waals surface area (Å²) in [4.78, 5) is 0. The molecular formula is C17H25NO. The van der Waals surface area contributed by atoms with Crippen molar-refractivity contribution in [1.29, 1.82) is 0 Å². The quantitative estimate of drug-likeness (QED) is 0.843. The number of aryl methyl sites for hydroxylation is 2. The number of rotatable bonds is 6. The van der Waals surface area contributed by atoms with E-state index in [9.17, 15) is 0 Å². The van der Waals surface area contributed by atoms with Crippen molar-refractivity contribution in [3.05, 3.63) is 47.2 Å². The van der Waals surface area contributed by atoms with Crippen LogP contribution in [0.1, 0.15) is 37.3 Å². The Morgan fingerprint density at radius 3 is 2.68 bits per heavy atom. The van der Waals surface area contributed by atoms with Gasteiger partial charge in [0.25, 0.3) is 0 Å². The normalized spacial score (nSPS) is 16.6. The summed E-state index contributed by atoms with van der Waals surface area (Å²) >= 11 is 0. The van der Waals surface area contributed by atoms with Gasteiger partial charge in [0, 0.05) is 6.04 Å². The van der Waals surface area contributed by atoms with Gasteiger partial charge in [-0.15, -0.1) is 0 Å².